The van der Waals surface area contributed by atoms with Gasteiger partial charge in [-0.25, -0.2) is 0 Å². The zero-order chi connectivity index (χ0) is 12.9. The summed E-state index contributed by atoms with van der Waals surface area (Å²) in [5.41, 5.74) is 1.25. The zero-order valence-electron chi connectivity index (χ0n) is 11.1. The molecule has 0 bridgehead atoms. The third-order valence-corrected chi connectivity index (χ3v) is 3.05. The van der Waals surface area contributed by atoms with Crippen molar-refractivity contribution < 1.29 is 9.47 Å². The van der Waals surface area contributed by atoms with Crippen molar-refractivity contribution in [2.75, 3.05) is 26.4 Å². The van der Waals surface area contributed by atoms with Crippen LogP contribution in [0.25, 0.3) is 0 Å². The first-order chi connectivity index (χ1) is 9.42. The summed E-state index contributed by atoms with van der Waals surface area (Å²) < 4.78 is 10.5. The Bertz CT molecular complexity index is 490. The van der Waals surface area contributed by atoms with Crippen molar-refractivity contribution in [2.24, 2.45) is 4.99 Å². The van der Waals surface area contributed by atoms with Crippen molar-refractivity contribution in [3.8, 4) is 0 Å². The molecule has 0 radical (unpaired) electrons. The highest BCUT2D eigenvalue weighted by atomic mass is 127. The van der Waals surface area contributed by atoms with Gasteiger partial charge in [0.15, 0.2) is 11.7 Å². The Morgan fingerprint density at radius 2 is 2.05 bits per heavy atom. The number of nitrogens with one attached hydrogen (secondary N) is 1. The highest BCUT2D eigenvalue weighted by molar-refractivity contribution is 14.0. The first-order valence-electron chi connectivity index (χ1n) is 6.42. The smallest absolute Gasteiger partial charge is 0.229 e. The lowest BCUT2D eigenvalue weighted by Crippen LogP contribution is -2.39. The van der Waals surface area contributed by atoms with Crippen molar-refractivity contribution in [1.29, 1.82) is 0 Å². The fourth-order valence-electron chi connectivity index (χ4n) is 2.15. The van der Waals surface area contributed by atoms with Gasteiger partial charge in [0.1, 0.15) is 6.26 Å². The van der Waals surface area contributed by atoms with E-state index in [1.807, 2.05) is 18.2 Å². The van der Waals surface area contributed by atoms with E-state index in [9.17, 15) is 0 Å². The third kappa shape index (κ3) is 3.78. The van der Waals surface area contributed by atoms with Crippen LogP contribution in [0.2, 0.25) is 0 Å². The minimum atomic E-state index is 0. The van der Waals surface area contributed by atoms with Crippen LogP contribution in [0.15, 0.2) is 47.3 Å². The number of benzene rings is 1. The minimum absolute atomic E-state index is 0. The Kier molecular flexibility index (Phi) is 5.51. The molecule has 0 saturated heterocycles. The summed E-state index contributed by atoms with van der Waals surface area (Å²) in [6.07, 6.45) is 1.67. The Balaban J connectivity index is 0.00000147. The van der Waals surface area contributed by atoms with Gasteiger partial charge in [-0.3, -0.25) is 4.99 Å². The molecule has 1 N–H and O–H groups in total. The number of halogens is 1. The lowest BCUT2D eigenvalue weighted by atomic mass is 10.2. The molecule has 0 spiro atoms. The topological polar surface area (TPSA) is 46.1 Å². The van der Waals surface area contributed by atoms with Crippen LogP contribution in [0.4, 0.5) is 0 Å². The summed E-state index contributed by atoms with van der Waals surface area (Å²) in [5.74, 6) is 1.77. The van der Waals surface area contributed by atoms with Crippen LogP contribution in [0, 0.1) is 0 Å². The molecule has 0 atom stereocenters. The van der Waals surface area contributed by atoms with E-state index in [-0.39, 0.29) is 24.0 Å². The fourth-order valence-corrected chi connectivity index (χ4v) is 2.15. The average Bonchev–Trinajstić information content (AvgIpc) is 3.12. The van der Waals surface area contributed by atoms with Crippen LogP contribution in [0.3, 0.4) is 0 Å². The van der Waals surface area contributed by atoms with E-state index in [4.69, 9.17) is 9.47 Å². The van der Waals surface area contributed by atoms with E-state index >= 15 is 0 Å². The van der Waals surface area contributed by atoms with Gasteiger partial charge in [-0.05, 0) is 5.56 Å². The van der Waals surface area contributed by atoms with Crippen LogP contribution in [-0.2, 0) is 16.0 Å². The SMILES string of the molecule is C1=C(CN(Cc2ccccc2)C2=NCCN2)OCO1.I. The van der Waals surface area contributed by atoms with E-state index < -0.39 is 0 Å². The van der Waals surface area contributed by atoms with Crippen LogP contribution in [0.5, 0.6) is 0 Å². The molecule has 20 heavy (non-hydrogen) atoms. The summed E-state index contributed by atoms with van der Waals surface area (Å²) in [6.45, 7) is 3.51. The first kappa shape index (κ1) is 15.0. The van der Waals surface area contributed by atoms with Gasteiger partial charge in [-0.15, -0.1) is 24.0 Å². The normalized spacial score (nSPS) is 16.2. The number of hydrogen-bond donors (Lipinski definition) is 1. The molecule has 0 amide bonds. The Morgan fingerprint density at radius 1 is 1.20 bits per heavy atom. The molecule has 3 rings (SSSR count). The lowest BCUT2D eigenvalue weighted by Gasteiger charge is -2.24. The Labute approximate surface area is 135 Å². The minimum Gasteiger partial charge on any atom is -0.462 e. The van der Waals surface area contributed by atoms with Gasteiger partial charge < -0.3 is 19.7 Å². The van der Waals surface area contributed by atoms with Gasteiger partial charge in [0.05, 0.1) is 13.1 Å². The predicted molar refractivity (Wildman–Crippen MR) is 87.7 cm³/mol. The highest BCUT2D eigenvalue weighted by Gasteiger charge is 2.19. The molecule has 108 valence electrons. The summed E-state index contributed by atoms with van der Waals surface area (Å²) >= 11 is 0. The van der Waals surface area contributed by atoms with Gasteiger partial charge >= 0.3 is 0 Å². The molecule has 0 aromatic heterocycles. The number of rotatable bonds is 4. The quantitative estimate of drug-likeness (QED) is 0.802. The van der Waals surface area contributed by atoms with E-state index in [0.717, 1.165) is 31.4 Å². The third-order valence-electron chi connectivity index (χ3n) is 3.05. The molecule has 1 aromatic carbocycles. The van der Waals surface area contributed by atoms with Crippen molar-refractivity contribution >= 4 is 29.9 Å². The molecule has 0 fully saturated rings. The zero-order valence-corrected chi connectivity index (χ0v) is 13.4. The first-order valence-corrected chi connectivity index (χ1v) is 6.42. The van der Waals surface area contributed by atoms with Gasteiger partial charge in [-0.2, -0.15) is 0 Å². The predicted octanol–water partition coefficient (Wildman–Crippen LogP) is 1.91. The summed E-state index contributed by atoms with van der Waals surface area (Å²) in [7, 11) is 0. The standard InChI is InChI=1S/C14H17N3O2.HI/c1-2-4-12(5-3-1)8-17(14-15-6-7-16-14)9-13-10-18-11-19-13;/h1-5,10H,6-9,11H2,(H,15,16);1H. The Hall–Kier alpha value is -1.44. The van der Waals surface area contributed by atoms with Crippen molar-refractivity contribution in [2.45, 2.75) is 6.54 Å². The van der Waals surface area contributed by atoms with Gasteiger partial charge in [0, 0.05) is 13.1 Å². The summed E-state index contributed by atoms with van der Waals surface area (Å²) in [5, 5.41) is 3.30. The van der Waals surface area contributed by atoms with Crippen molar-refractivity contribution in [3.63, 3.8) is 0 Å². The van der Waals surface area contributed by atoms with Crippen LogP contribution in [-0.4, -0.2) is 37.3 Å². The number of nitrogens with zero attached hydrogens (tertiary/aromatic N) is 2. The molecule has 0 unspecified atom stereocenters. The molecular formula is C14H18IN3O2. The van der Waals surface area contributed by atoms with Crippen LogP contribution >= 0.6 is 24.0 Å². The average molecular weight is 387 g/mol. The second kappa shape index (κ2) is 7.37. The maximum atomic E-state index is 5.40. The second-order valence-electron chi connectivity index (χ2n) is 4.49. The van der Waals surface area contributed by atoms with E-state index in [1.165, 1.54) is 5.56 Å². The molecule has 5 nitrogen and oxygen atoms in total. The molecule has 1 aromatic rings. The van der Waals surface area contributed by atoms with Crippen LogP contribution < -0.4 is 5.32 Å². The number of guanidine groups is 1. The maximum absolute atomic E-state index is 5.40. The van der Waals surface area contributed by atoms with Crippen LogP contribution in [0.1, 0.15) is 5.56 Å². The Morgan fingerprint density at radius 3 is 2.70 bits per heavy atom. The number of ether oxygens (including phenoxy) is 2. The number of aliphatic imine (C=N–C) groups is 1. The maximum Gasteiger partial charge on any atom is 0.229 e. The molecule has 6 heteroatoms. The molecular weight excluding hydrogens is 369 g/mol. The number of hydrogen-bond acceptors (Lipinski definition) is 5. The van der Waals surface area contributed by atoms with Gasteiger partial charge in [0.25, 0.3) is 0 Å². The molecule has 2 aliphatic rings. The lowest BCUT2D eigenvalue weighted by molar-refractivity contribution is 0.0755. The molecule has 2 heterocycles. The van der Waals surface area contributed by atoms with Crippen molar-refractivity contribution in [3.05, 3.63) is 47.9 Å². The summed E-state index contributed by atoms with van der Waals surface area (Å²) in [4.78, 5) is 6.65. The van der Waals surface area contributed by atoms with E-state index in [2.05, 4.69) is 27.3 Å². The van der Waals surface area contributed by atoms with Gasteiger partial charge in [0.2, 0.25) is 6.79 Å². The highest BCUT2D eigenvalue weighted by Crippen LogP contribution is 2.13. The second-order valence-corrected chi connectivity index (χ2v) is 4.49. The van der Waals surface area contributed by atoms with E-state index in [0.29, 0.717) is 13.3 Å². The van der Waals surface area contributed by atoms with E-state index in [1.54, 1.807) is 6.26 Å². The van der Waals surface area contributed by atoms with Crippen molar-refractivity contribution in [1.82, 2.24) is 10.2 Å². The largest absolute Gasteiger partial charge is 0.462 e. The van der Waals surface area contributed by atoms with Gasteiger partial charge in [-0.1, -0.05) is 30.3 Å². The fraction of sp³-hybridized carbons (Fsp3) is 0.357. The molecule has 0 aliphatic carbocycles. The molecule has 0 saturated carbocycles. The monoisotopic (exact) mass is 387 g/mol. The molecule has 2 aliphatic heterocycles. The summed E-state index contributed by atoms with van der Waals surface area (Å²) in [6, 6.07) is 10.3.